The van der Waals surface area contributed by atoms with Gasteiger partial charge in [-0.15, -0.1) is 0 Å². The van der Waals surface area contributed by atoms with Crippen LogP contribution in [0.3, 0.4) is 0 Å². The predicted octanol–water partition coefficient (Wildman–Crippen LogP) is 1.15. The highest BCUT2D eigenvalue weighted by molar-refractivity contribution is 6.33. The van der Waals surface area contributed by atoms with Crippen LogP contribution in [-0.2, 0) is 4.79 Å². The maximum Gasteiger partial charge on any atom is 0.322 e. The molecule has 1 aromatic rings. The van der Waals surface area contributed by atoms with Crippen molar-refractivity contribution in [3.8, 4) is 0 Å². The first-order chi connectivity index (χ1) is 10.0. The molecule has 1 unspecified atom stereocenters. The van der Waals surface area contributed by atoms with E-state index in [0.717, 1.165) is 0 Å². The summed E-state index contributed by atoms with van der Waals surface area (Å²) in [5, 5.41) is 5.26. The number of nitrogens with one attached hydrogen (secondary N) is 2. The van der Waals surface area contributed by atoms with Crippen molar-refractivity contribution in [3.05, 3.63) is 34.9 Å². The Hall–Kier alpha value is -2.08. The first-order valence-corrected chi connectivity index (χ1v) is 7.07. The Bertz CT molecular complexity index is 634. The highest BCUT2D eigenvalue weighted by Crippen LogP contribution is 2.26. The van der Waals surface area contributed by atoms with Crippen LogP contribution in [0.2, 0.25) is 5.02 Å². The Morgan fingerprint density at radius 2 is 2.05 bits per heavy atom. The van der Waals surface area contributed by atoms with E-state index < -0.39 is 11.6 Å². The average Bonchev–Trinajstić information content (AvgIpc) is 2.72. The molecular formula is C14H14ClN3O3. The zero-order chi connectivity index (χ0) is 15.0. The van der Waals surface area contributed by atoms with Gasteiger partial charge >= 0.3 is 6.03 Å². The fraction of sp³-hybridized carbons (Fsp3) is 0.357. The molecule has 1 aromatic carbocycles. The van der Waals surface area contributed by atoms with Gasteiger partial charge in [0.1, 0.15) is 5.54 Å². The highest BCUT2D eigenvalue weighted by atomic mass is 35.5. The van der Waals surface area contributed by atoms with Crippen molar-refractivity contribution in [1.82, 2.24) is 15.5 Å². The minimum absolute atomic E-state index is 0.161. The van der Waals surface area contributed by atoms with E-state index in [1.54, 1.807) is 29.2 Å². The Morgan fingerprint density at radius 1 is 1.29 bits per heavy atom. The number of hydrogen-bond acceptors (Lipinski definition) is 3. The van der Waals surface area contributed by atoms with Gasteiger partial charge in [-0.2, -0.15) is 0 Å². The van der Waals surface area contributed by atoms with Crippen LogP contribution in [0.4, 0.5) is 4.79 Å². The van der Waals surface area contributed by atoms with Crippen LogP contribution in [0.1, 0.15) is 23.2 Å². The molecule has 110 valence electrons. The summed E-state index contributed by atoms with van der Waals surface area (Å²) in [4.78, 5) is 37.4. The number of imide groups is 1. The highest BCUT2D eigenvalue weighted by Gasteiger charge is 2.49. The lowest BCUT2D eigenvalue weighted by Gasteiger charge is -2.38. The van der Waals surface area contributed by atoms with Crippen molar-refractivity contribution < 1.29 is 14.4 Å². The number of nitrogens with zero attached hydrogens (tertiary/aromatic N) is 1. The SMILES string of the molecule is O=C1NC(=O)C2(CCCN(C(=O)c3ccccc3Cl)C2)N1. The molecule has 2 fully saturated rings. The van der Waals surface area contributed by atoms with Gasteiger partial charge in [-0.3, -0.25) is 14.9 Å². The third-order valence-electron chi connectivity index (χ3n) is 3.90. The van der Waals surface area contributed by atoms with Crippen LogP contribution >= 0.6 is 11.6 Å². The molecule has 3 rings (SSSR count). The fourth-order valence-corrected chi connectivity index (χ4v) is 3.07. The second-order valence-electron chi connectivity index (χ2n) is 5.30. The quantitative estimate of drug-likeness (QED) is 0.764. The van der Waals surface area contributed by atoms with Crippen LogP contribution in [-0.4, -0.2) is 41.4 Å². The van der Waals surface area contributed by atoms with Gasteiger partial charge in [-0.05, 0) is 25.0 Å². The molecule has 21 heavy (non-hydrogen) atoms. The lowest BCUT2D eigenvalue weighted by Crippen LogP contribution is -2.59. The van der Waals surface area contributed by atoms with Gasteiger partial charge in [0, 0.05) is 6.54 Å². The van der Waals surface area contributed by atoms with Crippen molar-refractivity contribution in [2.24, 2.45) is 0 Å². The molecule has 2 heterocycles. The lowest BCUT2D eigenvalue weighted by molar-refractivity contribution is -0.125. The monoisotopic (exact) mass is 307 g/mol. The number of benzene rings is 1. The molecule has 2 saturated heterocycles. The third-order valence-corrected chi connectivity index (χ3v) is 4.23. The van der Waals surface area contributed by atoms with Crippen molar-refractivity contribution in [3.63, 3.8) is 0 Å². The Labute approximate surface area is 126 Å². The Morgan fingerprint density at radius 3 is 2.71 bits per heavy atom. The number of piperidine rings is 1. The summed E-state index contributed by atoms with van der Waals surface area (Å²) in [5.74, 6) is -0.599. The Kier molecular flexibility index (Phi) is 3.33. The molecule has 2 N–H and O–H groups in total. The summed E-state index contributed by atoms with van der Waals surface area (Å²) in [7, 11) is 0. The minimum Gasteiger partial charge on any atom is -0.336 e. The minimum atomic E-state index is -1.01. The largest absolute Gasteiger partial charge is 0.336 e. The van der Waals surface area contributed by atoms with E-state index in [-0.39, 0.29) is 18.4 Å². The number of likely N-dealkylation sites (tertiary alicyclic amines) is 1. The lowest BCUT2D eigenvalue weighted by atomic mass is 9.89. The van der Waals surface area contributed by atoms with E-state index in [0.29, 0.717) is 30.0 Å². The summed E-state index contributed by atoms with van der Waals surface area (Å²) < 4.78 is 0. The van der Waals surface area contributed by atoms with Crippen LogP contribution in [0.15, 0.2) is 24.3 Å². The van der Waals surface area contributed by atoms with Crippen LogP contribution < -0.4 is 10.6 Å². The van der Waals surface area contributed by atoms with E-state index in [1.807, 2.05) is 0 Å². The molecule has 0 bridgehead atoms. The second-order valence-corrected chi connectivity index (χ2v) is 5.71. The molecular weight excluding hydrogens is 294 g/mol. The maximum atomic E-state index is 12.5. The molecule has 4 amide bonds. The van der Waals surface area contributed by atoms with Crippen molar-refractivity contribution in [2.45, 2.75) is 18.4 Å². The van der Waals surface area contributed by atoms with Gasteiger partial charge in [-0.25, -0.2) is 4.79 Å². The summed E-state index contributed by atoms with van der Waals surface area (Å²) in [6.45, 7) is 0.698. The van der Waals surface area contributed by atoms with Crippen LogP contribution in [0.5, 0.6) is 0 Å². The molecule has 0 aliphatic carbocycles. The molecule has 7 heteroatoms. The van der Waals surface area contributed by atoms with Crippen LogP contribution in [0.25, 0.3) is 0 Å². The number of urea groups is 1. The van der Waals surface area contributed by atoms with E-state index >= 15 is 0 Å². The van der Waals surface area contributed by atoms with E-state index in [1.165, 1.54) is 0 Å². The summed E-state index contributed by atoms with van der Waals surface area (Å²) >= 11 is 6.04. The molecule has 1 atom stereocenters. The first-order valence-electron chi connectivity index (χ1n) is 6.69. The molecule has 0 saturated carbocycles. The van der Waals surface area contributed by atoms with Crippen molar-refractivity contribution >= 4 is 29.4 Å². The number of rotatable bonds is 1. The molecule has 1 spiro atoms. The van der Waals surface area contributed by atoms with Gasteiger partial charge in [0.25, 0.3) is 11.8 Å². The normalized spacial score (nSPS) is 24.9. The molecule has 0 aromatic heterocycles. The average molecular weight is 308 g/mol. The van der Waals surface area contributed by atoms with E-state index in [4.69, 9.17) is 11.6 Å². The van der Waals surface area contributed by atoms with Gasteiger partial charge in [-0.1, -0.05) is 23.7 Å². The number of hydrogen-bond donors (Lipinski definition) is 2. The fourth-order valence-electron chi connectivity index (χ4n) is 2.85. The van der Waals surface area contributed by atoms with Crippen molar-refractivity contribution in [1.29, 1.82) is 0 Å². The number of amides is 4. The zero-order valence-corrected chi connectivity index (χ0v) is 11.9. The molecule has 2 aliphatic rings. The van der Waals surface area contributed by atoms with E-state index in [2.05, 4.69) is 10.6 Å². The topological polar surface area (TPSA) is 78.5 Å². The molecule has 0 radical (unpaired) electrons. The maximum absolute atomic E-state index is 12.5. The third kappa shape index (κ3) is 2.35. The zero-order valence-electron chi connectivity index (χ0n) is 11.2. The smallest absolute Gasteiger partial charge is 0.322 e. The van der Waals surface area contributed by atoms with Gasteiger partial charge in [0.15, 0.2) is 0 Å². The summed E-state index contributed by atoms with van der Waals surface area (Å²) in [6.07, 6.45) is 1.17. The number of carbonyl (C=O) groups is 3. The second kappa shape index (κ2) is 5.04. The summed E-state index contributed by atoms with van der Waals surface area (Å²) in [6, 6.07) is 6.29. The van der Waals surface area contributed by atoms with Gasteiger partial charge < -0.3 is 10.2 Å². The number of halogens is 1. The van der Waals surface area contributed by atoms with Gasteiger partial charge in [0.2, 0.25) is 0 Å². The predicted molar refractivity (Wildman–Crippen MR) is 76.0 cm³/mol. The standard InChI is InChI=1S/C14H14ClN3O3/c15-10-5-2-1-4-9(10)11(19)18-7-3-6-14(8-18)12(20)16-13(21)17-14/h1-2,4-5H,3,6-8H2,(H2,16,17,20,21). The van der Waals surface area contributed by atoms with Crippen LogP contribution in [0, 0.1) is 0 Å². The van der Waals surface area contributed by atoms with Gasteiger partial charge in [0.05, 0.1) is 17.1 Å². The number of carbonyl (C=O) groups excluding carboxylic acids is 3. The molecule has 6 nitrogen and oxygen atoms in total. The molecule has 2 aliphatic heterocycles. The first kappa shape index (κ1) is 13.9. The van der Waals surface area contributed by atoms with Crippen molar-refractivity contribution in [2.75, 3.05) is 13.1 Å². The van der Waals surface area contributed by atoms with E-state index in [9.17, 15) is 14.4 Å². The Balaban J connectivity index is 1.84. The summed E-state index contributed by atoms with van der Waals surface area (Å²) in [5.41, 5.74) is -0.604.